The Balaban J connectivity index is 2.83. The molecule has 0 bridgehead atoms. The van der Waals surface area contributed by atoms with Crippen molar-refractivity contribution in [3.63, 3.8) is 0 Å². The molecular weight excluding hydrogens is 186 g/mol. The first-order valence-corrected chi connectivity index (χ1v) is 5.39. The van der Waals surface area contributed by atoms with Crippen molar-refractivity contribution in [2.45, 2.75) is 18.4 Å². The molecule has 0 aromatic heterocycles. The van der Waals surface area contributed by atoms with Gasteiger partial charge in [0.2, 0.25) is 0 Å². The number of fused-ring (bicyclic) bond motifs is 1. The predicted octanol–water partition coefficient (Wildman–Crippen LogP) is 0.910. The predicted molar refractivity (Wildman–Crippen MR) is 49.5 cm³/mol. The Kier molecular flexibility index (Phi) is 1.57. The van der Waals surface area contributed by atoms with Crippen LogP contribution in [0.2, 0.25) is 0 Å². The average Bonchev–Trinajstić information content (AvgIpc) is 2.28. The van der Waals surface area contributed by atoms with Crippen molar-refractivity contribution in [1.82, 2.24) is 0 Å². The van der Waals surface area contributed by atoms with E-state index in [0.717, 1.165) is 15.1 Å². The van der Waals surface area contributed by atoms with Crippen molar-refractivity contribution in [2.24, 2.45) is 0 Å². The van der Waals surface area contributed by atoms with E-state index in [0.29, 0.717) is 11.4 Å². The Morgan fingerprint density at radius 1 is 1.46 bits per heavy atom. The van der Waals surface area contributed by atoms with Crippen molar-refractivity contribution in [2.75, 3.05) is 0 Å². The molecule has 0 saturated heterocycles. The molecular formula is C9H10NO2S+. The summed E-state index contributed by atoms with van der Waals surface area (Å²) in [5.41, 5.74) is 1.88. The number of hydrogen-bond acceptors (Lipinski definition) is 2. The molecule has 0 fully saturated rings. The highest BCUT2D eigenvalue weighted by atomic mass is 32.2. The number of hydrogen-bond donors (Lipinski definition) is 0. The molecule has 1 heterocycles. The van der Waals surface area contributed by atoms with Crippen LogP contribution in [0, 0.1) is 6.92 Å². The highest BCUT2D eigenvalue weighted by Gasteiger charge is 2.37. The van der Waals surface area contributed by atoms with Crippen LogP contribution >= 0.6 is 0 Å². The molecule has 0 atom stereocenters. The lowest BCUT2D eigenvalue weighted by Gasteiger charge is -1.94. The SMILES string of the molecule is C=[N+]1Cc2c(C)cccc2S1(=O)=O. The molecule has 1 aliphatic heterocycles. The van der Waals surface area contributed by atoms with Gasteiger partial charge in [-0.15, -0.1) is 3.98 Å². The van der Waals surface area contributed by atoms with Gasteiger partial charge in [0.25, 0.3) is 0 Å². The van der Waals surface area contributed by atoms with E-state index in [9.17, 15) is 8.42 Å². The van der Waals surface area contributed by atoms with Gasteiger partial charge < -0.3 is 0 Å². The van der Waals surface area contributed by atoms with Gasteiger partial charge in [-0.1, -0.05) is 12.1 Å². The third kappa shape index (κ3) is 1.02. The molecule has 0 amide bonds. The number of aryl methyl sites for hydroxylation is 1. The van der Waals surface area contributed by atoms with Crippen LogP contribution in [-0.2, 0) is 16.6 Å². The van der Waals surface area contributed by atoms with Gasteiger partial charge >= 0.3 is 10.0 Å². The summed E-state index contributed by atoms with van der Waals surface area (Å²) >= 11 is 0. The molecule has 0 aliphatic carbocycles. The number of rotatable bonds is 0. The van der Waals surface area contributed by atoms with Crippen LogP contribution in [-0.4, -0.2) is 19.1 Å². The Hall–Kier alpha value is -1.16. The highest BCUT2D eigenvalue weighted by Crippen LogP contribution is 2.28. The van der Waals surface area contributed by atoms with E-state index in [4.69, 9.17) is 0 Å². The minimum Gasteiger partial charge on any atom is -0.158 e. The van der Waals surface area contributed by atoms with Gasteiger partial charge in [-0.05, 0) is 18.6 Å². The van der Waals surface area contributed by atoms with Crippen LogP contribution in [0.25, 0.3) is 0 Å². The second kappa shape index (κ2) is 2.42. The Morgan fingerprint density at radius 2 is 2.15 bits per heavy atom. The maximum absolute atomic E-state index is 11.6. The van der Waals surface area contributed by atoms with E-state index in [1.54, 1.807) is 12.1 Å². The van der Waals surface area contributed by atoms with Crippen molar-refractivity contribution in [3.05, 3.63) is 29.3 Å². The molecule has 1 aliphatic rings. The summed E-state index contributed by atoms with van der Waals surface area (Å²) in [4.78, 5) is 0.405. The quantitative estimate of drug-likeness (QED) is 0.578. The van der Waals surface area contributed by atoms with Crippen LogP contribution in [0.15, 0.2) is 23.1 Å². The zero-order chi connectivity index (χ0) is 9.64. The summed E-state index contributed by atoms with van der Waals surface area (Å²) in [6.07, 6.45) is 0. The standard InChI is InChI=1S/C9H10NO2S/c1-7-4-3-5-9-8(7)6-10(2)13(9,11)12/h3-5H,2,6H2,1H3/q+1. The smallest absolute Gasteiger partial charge is 0.158 e. The first kappa shape index (κ1) is 8.44. The van der Waals surface area contributed by atoms with Crippen molar-refractivity contribution >= 4 is 16.7 Å². The summed E-state index contributed by atoms with van der Waals surface area (Å²) < 4.78 is 24.3. The van der Waals surface area contributed by atoms with Gasteiger partial charge in [-0.2, -0.15) is 8.42 Å². The first-order chi connectivity index (χ1) is 6.03. The maximum Gasteiger partial charge on any atom is 0.395 e. The lowest BCUT2D eigenvalue weighted by Crippen LogP contribution is -2.10. The summed E-state index contributed by atoms with van der Waals surface area (Å²) in [5, 5.41) is 0. The van der Waals surface area contributed by atoms with Crippen LogP contribution in [0.1, 0.15) is 11.1 Å². The van der Waals surface area contributed by atoms with E-state index in [2.05, 4.69) is 6.72 Å². The molecule has 4 heteroatoms. The summed E-state index contributed by atoms with van der Waals surface area (Å²) in [6.45, 7) is 5.79. The van der Waals surface area contributed by atoms with Gasteiger partial charge in [0.15, 0.2) is 6.54 Å². The minimum atomic E-state index is -3.28. The van der Waals surface area contributed by atoms with Crippen LogP contribution in [0.4, 0.5) is 0 Å². The van der Waals surface area contributed by atoms with Crippen LogP contribution < -0.4 is 0 Å². The fraction of sp³-hybridized carbons (Fsp3) is 0.222. The molecule has 3 nitrogen and oxygen atoms in total. The zero-order valence-electron chi connectivity index (χ0n) is 7.32. The Bertz CT molecular complexity index is 488. The van der Waals surface area contributed by atoms with Gasteiger partial charge in [0, 0.05) is 5.56 Å². The van der Waals surface area contributed by atoms with Crippen molar-refractivity contribution < 1.29 is 12.4 Å². The molecule has 0 N–H and O–H groups in total. The number of sulfonamides is 1. The second-order valence-corrected chi connectivity index (χ2v) is 5.07. The van der Waals surface area contributed by atoms with Crippen LogP contribution in [0.3, 0.4) is 0 Å². The molecule has 0 spiro atoms. The highest BCUT2D eigenvalue weighted by molar-refractivity contribution is 7.85. The normalized spacial score (nSPS) is 18.7. The van der Waals surface area contributed by atoms with Gasteiger partial charge in [-0.25, -0.2) is 0 Å². The number of benzene rings is 1. The molecule has 0 unspecified atom stereocenters. The lowest BCUT2D eigenvalue weighted by molar-refractivity contribution is -0.366. The third-order valence-electron chi connectivity index (χ3n) is 2.32. The molecule has 2 rings (SSSR count). The fourth-order valence-electron chi connectivity index (χ4n) is 1.52. The van der Waals surface area contributed by atoms with Gasteiger partial charge in [-0.3, -0.25) is 0 Å². The molecule has 13 heavy (non-hydrogen) atoms. The molecule has 0 saturated carbocycles. The Morgan fingerprint density at radius 3 is 2.77 bits per heavy atom. The van der Waals surface area contributed by atoms with Crippen LogP contribution in [0.5, 0.6) is 0 Å². The molecule has 1 aromatic carbocycles. The maximum atomic E-state index is 11.6. The van der Waals surface area contributed by atoms with Gasteiger partial charge in [0.05, 0.1) is 0 Å². The monoisotopic (exact) mass is 196 g/mol. The summed E-state index contributed by atoms with van der Waals surface area (Å²) in [5.74, 6) is 0. The van der Waals surface area contributed by atoms with E-state index in [1.807, 2.05) is 13.0 Å². The zero-order valence-corrected chi connectivity index (χ0v) is 8.13. The topological polar surface area (TPSA) is 37.1 Å². The molecule has 1 aromatic rings. The van der Waals surface area contributed by atoms with Crippen molar-refractivity contribution in [1.29, 1.82) is 0 Å². The second-order valence-electron chi connectivity index (χ2n) is 3.17. The third-order valence-corrected chi connectivity index (χ3v) is 4.07. The molecule has 0 radical (unpaired) electrons. The van der Waals surface area contributed by atoms with E-state index in [-0.39, 0.29) is 0 Å². The van der Waals surface area contributed by atoms with Gasteiger partial charge in [0.1, 0.15) is 11.6 Å². The fourth-order valence-corrected chi connectivity index (χ4v) is 2.88. The molecule has 68 valence electrons. The van der Waals surface area contributed by atoms with E-state index < -0.39 is 10.0 Å². The Labute approximate surface area is 77.4 Å². The average molecular weight is 196 g/mol. The summed E-state index contributed by atoms with van der Waals surface area (Å²) in [7, 11) is -3.28. The van der Waals surface area contributed by atoms with E-state index in [1.165, 1.54) is 0 Å². The largest absolute Gasteiger partial charge is 0.395 e. The first-order valence-electron chi connectivity index (χ1n) is 3.95. The number of nitrogens with zero attached hydrogens (tertiary/aromatic N) is 1. The lowest BCUT2D eigenvalue weighted by atomic mass is 10.1. The minimum absolute atomic E-state index is 0.393. The van der Waals surface area contributed by atoms with E-state index >= 15 is 0 Å². The summed E-state index contributed by atoms with van der Waals surface area (Å²) in [6, 6.07) is 5.29. The van der Waals surface area contributed by atoms with Crippen molar-refractivity contribution in [3.8, 4) is 0 Å².